The highest BCUT2D eigenvalue weighted by Gasteiger charge is 2.08. The van der Waals surface area contributed by atoms with E-state index in [9.17, 15) is 15.0 Å². The highest BCUT2D eigenvalue weighted by atomic mass is 16.5. The Kier molecular flexibility index (Phi) is 5.69. The standard InChI is InChI=1S/C21H18N2O4/c24-18-11-6-9-16(21(18)26)13-22-23-20(25)14-27-19-12-5-4-10-17(19)15-7-2-1-3-8-15/h1-13,24,26H,14H2,(H,23,25)/b22-13-. The molecule has 0 unspecified atom stereocenters. The van der Waals surface area contributed by atoms with Gasteiger partial charge in [0, 0.05) is 11.1 Å². The number of nitrogens with one attached hydrogen (secondary N) is 1. The molecule has 136 valence electrons. The zero-order chi connectivity index (χ0) is 19.1. The van der Waals surface area contributed by atoms with Gasteiger partial charge in [0.15, 0.2) is 18.1 Å². The highest BCUT2D eigenvalue weighted by Crippen LogP contribution is 2.29. The Morgan fingerprint density at radius 2 is 1.70 bits per heavy atom. The van der Waals surface area contributed by atoms with E-state index < -0.39 is 5.91 Å². The molecule has 0 atom stereocenters. The molecule has 0 aromatic heterocycles. The first-order chi connectivity index (χ1) is 13.1. The number of rotatable bonds is 6. The van der Waals surface area contributed by atoms with Gasteiger partial charge in [0.2, 0.25) is 0 Å². The number of para-hydroxylation sites is 2. The number of hydrogen-bond donors (Lipinski definition) is 3. The summed E-state index contributed by atoms with van der Waals surface area (Å²) in [5.41, 5.74) is 4.48. The summed E-state index contributed by atoms with van der Waals surface area (Å²) < 4.78 is 5.62. The SMILES string of the molecule is O=C(COc1ccccc1-c1ccccc1)N/N=C\c1cccc(O)c1O. The summed E-state index contributed by atoms with van der Waals surface area (Å²) in [7, 11) is 0. The molecule has 0 aliphatic rings. The molecule has 6 heteroatoms. The molecular formula is C21H18N2O4. The molecule has 3 rings (SSSR count). The van der Waals surface area contributed by atoms with E-state index in [4.69, 9.17) is 4.74 Å². The van der Waals surface area contributed by atoms with E-state index in [-0.39, 0.29) is 23.7 Å². The summed E-state index contributed by atoms with van der Waals surface area (Å²) in [5.74, 6) is -0.420. The molecule has 0 bridgehead atoms. The molecule has 3 N–H and O–H groups in total. The van der Waals surface area contributed by atoms with Crippen LogP contribution in [0.15, 0.2) is 77.9 Å². The number of aromatic hydroxyl groups is 2. The number of benzene rings is 3. The van der Waals surface area contributed by atoms with Crippen LogP contribution in [0.25, 0.3) is 11.1 Å². The molecule has 0 aliphatic heterocycles. The molecule has 0 saturated carbocycles. The number of carbonyl (C=O) groups is 1. The molecule has 3 aromatic rings. The second-order valence-corrected chi connectivity index (χ2v) is 5.66. The molecule has 0 saturated heterocycles. The fraction of sp³-hybridized carbons (Fsp3) is 0.0476. The quantitative estimate of drug-likeness (QED) is 0.356. The van der Waals surface area contributed by atoms with E-state index in [1.165, 1.54) is 12.3 Å². The van der Waals surface area contributed by atoms with Gasteiger partial charge in [-0.05, 0) is 23.8 Å². The molecule has 0 aliphatic carbocycles. The van der Waals surface area contributed by atoms with Crippen LogP contribution in [0.4, 0.5) is 0 Å². The van der Waals surface area contributed by atoms with Crippen molar-refractivity contribution in [2.75, 3.05) is 6.61 Å². The molecule has 1 amide bonds. The van der Waals surface area contributed by atoms with Crippen molar-refractivity contribution in [3.8, 4) is 28.4 Å². The van der Waals surface area contributed by atoms with Gasteiger partial charge in [-0.15, -0.1) is 0 Å². The van der Waals surface area contributed by atoms with Crippen molar-refractivity contribution in [2.45, 2.75) is 0 Å². The summed E-state index contributed by atoms with van der Waals surface area (Å²) in [6.45, 7) is -0.215. The van der Waals surface area contributed by atoms with Crippen LogP contribution in [0.2, 0.25) is 0 Å². The minimum Gasteiger partial charge on any atom is -0.504 e. The van der Waals surface area contributed by atoms with Crippen molar-refractivity contribution in [3.05, 3.63) is 78.4 Å². The number of nitrogens with zero attached hydrogens (tertiary/aromatic N) is 1. The molecule has 0 heterocycles. The van der Waals surface area contributed by atoms with Crippen LogP contribution in [-0.4, -0.2) is 28.9 Å². The first kappa shape index (κ1) is 18.0. The zero-order valence-electron chi connectivity index (χ0n) is 14.4. The Labute approximate surface area is 156 Å². The lowest BCUT2D eigenvalue weighted by Crippen LogP contribution is -2.24. The Hall–Kier alpha value is -3.80. The van der Waals surface area contributed by atoms with Gasteiger partial charge in [0.05, 0.1) is 6.21 Å². The van der Waals surface area contributed by atoms with Gasteiger partial charge in [-0.1, -0.05) is 54.6 Å². The van der Waals surface area contributed by atoms with Crippen LogP contribution in [0.5, 0.6) is 17.2 Å². The second kappa shape index (κ2) is 8.53. The van der Waals surface area contributed by atoms with Gasteiger partial charge in [0.25, 0.3) is 5.91 Å². The lowest BCUT2D eigenvalue weighted by molar-refractivity contribution is -0.123. The lowest BCUT2D eigenvalue weighted by atomic mass is 10.1. The molecule has 27 heavy (non-hydrogen) atoms. The van der Waals surface area contributed by atoms with Gasteiger partial charge in [-0.25, -0.2) is 5.43 Å². The van der Waals surface area contributed by atoms with Crippen molar-refractivity contribution < 1.29 is 19.7 Å². The third-order valence-electron chi connectivity index (χ3n) is 3.77. The van der Waals surface area contributed by atoms with E-state index in [1.807, 2.05) is 48.5 Å². The number of phenols is 2. The van der Waals surface area contributed by atoms with Crippen LogP contribution in [-0.2, 0) is 4.79 Å². The largest absolute Gasteiger partial charge is 0.504 e. The van der Waals surface area contributed by atoms with E-state index in [2.05, 4.69) is 10.5 Å². The predicted molar refractivity (Wildman–Crippen MR) is 103 cm³/mol. The number of ether oxygens (including phenoxy) is 1. The van der Waals surface area contributed by atoms with E-state index in [0.29, 0.717) is 5.75 Å². The number of amides is 1. The van der Waals surface area contributed by atoms with Crippen molar-refractivity contribution in [3.63, 3.8) is 0 Å². The van der Waals surface area contributed by atoms with Crippen molar-refractivity contribution in [1.82, 2.24) is 5.43 Å². The first-order valence-electron chi connectivity index (χ1n) is 8.25. The second-order valence-electron chi connectivity index (χ2n) is 5.66. The highest BCUT2D eigenvalue weighted by molar-refractivity contribution is 5.86. The van der Waals surface area contributed by atoms with Crippen LogP contribution in [0.3, 0.4) is 0 Å². The maximum atomic E-state index is 11.9. The Balaban J connectivity index is 1.60. The third-order valence-corrected chi connectivity index (χ3v) is 3.77. The number of phenolic OH excluding ortho intramolecular Hbond substituents is 2. The predicted octanol–water partition coefficient (Wildman–Crippen LogP) is 3.29. The fourth-order valence-electron chi connectivity index (χ4n) is 2.45. The summed E-state index contributed by atoms with van der Waals surface area (Å²) >= 11 is 0. The summed E-state index contributed by atoms with van der Waals surface area (Å²) in [5, 5.41) is 22.9. The topological polar surface area (TPSA) is 91.2 Å². The van der Waals surface area contributed by atoms with Crippen molar-refractivity contribution in [1.29, 1.82) is 0 Å². The van der Waals surface area contributed by atoms with E-state index in [1.54, 1.807) is 18.2 Å². The van der Waals surface area contributed by atoms with Crippen LogP contribution in [0.1, 0.15) is 5.56 Å². The number of carbonyl (C=O) groups excluding carboxylic acids is 1. The minimum atomic E-state index is -0.450. The normalized spacial score (nSPS) is 10.7. The number of hydrogen-bond acceptors (Lipinski definition) is 5. The van der Waals surface area contributed by atoms with Crippen LogP contribution < -0.4 is 10.2 Å². The maximum Gasteiger partial charge on any atom is 0.277 e. The molecule has 6 nitrogen and oxygen atoms in total. The Morgan fingerprint density at radius 3 is 2.52 bits per heavy atom. The maximum absolute atomic E-state index is 11.9. The smallest absolute Gasteiger partial charge is 0.277 e. The van der Waals surface area contributed by atoms with Gasteiger partial charge in [-0.2, -0.15) is 5.10 Å². The molecule has 0 fully saturated rings. The number of hydrazone groups is 1. The molecule has 0 radical (unpaired) electrons. The van der Waals surface area contributed by atoms with Crippen molar-refractivity contribution >= 4 is 12.1 Å². The van der Waals surface area contributed by atoms with Gasteiger partial charge in [0.1, 0.15) is 5.75 Å². The summed E-state index contributed by atoms with van der Waals surface area (Å²) in [6, 6.07) is 21.7. The fourth-order valence-corrected chi connectivity index (χ4v) is 2.45. The van der Waals surface area contributed by atoms with Crippen LogP contribution >= 0.6 is 0 Å². The van der Waals surface area contributed by atoms with Crippen LogP contribution in [0, 0.1) is 0 Å². The molecular weight excluding hydrogens is 344 g/mol. The monoisotopic (exact) mass is 362 g/mol. The summed E-state index contributed by atoms with van der Waals surface area (Å²) in [4.78, 5) is 11.9. The lowest BCUT2D eigenvalue weighted by Gasteiger charge is -2.10. The van der Waals surface area contributed by atoms with E-state index in [0.717, 1.165) is 11.1 Å². The average molecular weight is 362 g/mol. The first-order valence-corrected chi connectivity index (χ1v) is 8.25. The van der Waals surface area contributed by atoms with Gasteiger partial charge in [-0.3, -0.25) is 4.79 Å². The molecule has 3 aromatic carbocycles. The molecule has 0 spiro atoms. The zero-order valence-corrected chi connectivity index (χ0v) is 14.4. The van der Waals surface area contributed by atoms with E-state index >= 15 is 0 Å². The summed E-state index contributed by atoms with van der Waals surface area (Å²) in [6.07, 6.45) is 1.24. The van der Waals surface area contributed by atoms with Crippen molar-refractivity contribution in [2.24, 2.45) is 5.10 Å². The van der Waals surface area contributed by atoms with Gasteiger partial charge < -0.3 is 14.9 Å². The minimum absolute atomic E-state index is 0.215. The Morgan fingerprint density at radius 1 is 0.963 bits per heavy atom. The Bertz CT molecular complexity index is 955. The third kappa shape index (κ3) is 4.64. The average Bonchev–Trinajstić information content (AvgIpc) is 2.70. The van der Waals surface area contributed by atoms with Gasteiger partial charge >= 0.3 is 0 Å².